The summed E-state index contributed by atoms with van der Waals surface area (Å²) in [6.45, 7) is 3.01. The first-order valence-electron chi connectivity index (χ1n) is 9.16. The number of fused-ring (bicyclic) bond motifs is 1. The number of hydrogen-bond acceptors (Lipinski definition) is 2. The van der Waals surface area contributed by atoms with E-state index in [2.05, 4.69) is 43.3 Å². The van der Waals surface area contributed by atoms with Crippen molar-refractivity contribution in [3.05, 3.63) is 36.4 Å². The zero-order valence-corrected chi connectivity index (χ0v) is 15.0. The maximum absolute atomic E-state index is 5.98. The highest BCUT2D eigenvalue weighted by Gasteiger charge is 2.19. The Morgan fingerprint density at radius 3 is 2.61 bits per heavy atom. The monoisotopic (exact) mass is 328 g/mol. The molecule has 1 aliphatic carbocycles. The fourth-order valence-electron chi connectivity index (χ4n) is 2.95. The minimum Gasteiger partial charge on any atom is -0.493 e. The molecule has 0 unspecified atom stereocenters. The second-order valence-corrected chi connectivity index (χ2v) is 7.73. The smallest absolute Gasteiger partial charge is 0.127 e. The molecule has 2 heteroatoms. The molecular formula is C21H28OS. The summed E-state index contributed by atoms with van der Waals surface area (Å²) >= 11 is 2.00. The first-order chi connectivity index (χ1) is 11.4. The Labute approximate surface area is 144 Å². The minimum absolute atomic E-state index is 0.814. The molecule has 0 aliphatic heterocycles. The van der Waals surface area contributed by atoms with Crippen LogP contribution in [0.2, 0.25) is 0 Å². The summed E-state index contributed by atoms with van der Waals surface area (Å²) in [5.74, 6) is 3.33. The van der Waals surface area contributed by atoms with Gasteiger partial charge in [0.25, 0.3) is 0 Å². The molecule has 0 radical (unpaired) electrons. The van der Waals surface area contributed by atoms with Crippen LogP contribution in [0, 0.1) is 5.92 Å². The summed E-state index contributed by atoms with van der Waals surface area (Å²) in [7, 11) is 0. The summed E-state index contributed by atoms with van der Waals surface area (Å²) in [5.41, 5.74) is 0. The van der Waals surface area contributed by atoms with Crippen molar-refractivity contribution in [1.82, 2.24) is 0 Å². The van der Waals surface area contributed by atoms with Gasteiger partial charge in [-0.3, -0.25) is 0 Å². The summed E-state index contributed by atoms with van der Waals surface area (Å²) in [4.78, 5) is 1.40. The van der Waals surface area contributed by atoms with Gasteiger partial charge in [-0.05, 0) is 42.0 Å². The van der Waals surface area contributed by atoms with Crippen LogP contribution < -0.4 is 4.74 Å². The number of ether oxygens (including phenoxy) is 1. The van der Waals surface area contributed by atoms with Crippen LogP contribution in [0.25, 0.3) is 10.8 Å². The molecule has 1 aliphatic rings. The molecule has 23 heavy (non-hydrogen) atoms. The highest BCUT2D eigenvalue weighted by atomic mass is 32.2. The van der Waals surface area contributed by atoms with Gasteiger partial charge in [-0.1, -0.05) is 63.3 Å². The molecule has 0 N–H and O–H groups in total. The lowest BCUT2D eigenvalue weighted by Crippen LogP contribution is -1.97. The fraction of sp³-hybridized carbons (Fsp3) is 0.524. The van der Waals surface area contributed by atoms with Gasteiger partial charge in [-0.15, -0.1) is 11.8 Å². The van der Waals surface area contributed by atoms with Gasteiger partial charge in [0.15, 0.2) is 0 Å². The maximum atomic E-state index is 5.98. The molecule has 1 saturated carbocycles. The number of benzene rings is 2. The van der Waals surface area contributed by atoms with Crippen LogP contribution in [-0.2, 0) is 0 Å². The lowest BCUT2D eigenvalue weighted by molar-refractivity contribution is 0.313. The Bertz CT molecular complexity index is 618. The summed E-state index contributed by atoms with van der Waals surface area (Å²) in [6, 6.07) is 13.1. The first kappa shape index (κ1) is 16.7. The maximum Gasteiger partial charge on any atom is 0.127 e. The number of unbranched alkanes of at least 4 members (excludes halogenated alkanes) is 2. The standard InChI is InChI=1S/C21H28OS/c1-2-3-15-22-20-13-14-21(19-10-5-4-9-18(19)20)23-16-7-6-8-17-11-12-17/h4-5,9-10,13-14,17H,2-3,6-8,11-12,15-16H2,1H3. The Hall–Kier alpha value is -1.15. The summed E-state index contributed by atoms with van der Waals surface area (Å²) in [5, 5.41) is 2.60. The quantitative estimate of drug-likeness (QED) is 0.355. The zero-order chi connectivity index (χ0) is 15.9. The first-order valence-corrected chi connectivity index (χ1v) is 10.1. The van der Waals surface area contributed by atoms with Crippen LogP contribution in [0.1, 0.15) is 51.9 Å². The fourth-order valence-corrected chi connectivity index (χ4v) is 4.01. The molecule has 0 aromatic heterocycles. The minimum atomic E-state index is 0.814. The molecule has 124 valence electrons. The third-order valence-electron chi connectivity index (χ3n) is 4.56. The average Bonchev–Trinajstić information content (AvgIpc) is 3.40. The summed E-state index contributed by atoms with van der Waals surface area (Å²) in [6.07, 6.45) is 9.44. The lowest BCUT2D eigenvalue weighted by Gasteiger charge is -2.12. The third kappa shape index (κ3) is 4.91. The van der Waals surface area contributed by atoms with Gasteiger partial charge in [-0.2, -0.15) is 0 Å². The summed E-state index contributed by atoms with van der Waals surface area (Å²) < 4.78 is 5.98. The molecule has 2 aromatic rings. The van der Waals surface area contributed by atoms with E-state index in [-0.39, 0.29) is 0 Å². The van der Waals surface area contributed by atoms with E-state index in [1.165, 1.54) is 59.9 Å². The second-order valence-electron chi connectivity index (χ2n) is 6.60. The predicted octanol–water partition coefficient (Wildman–Crippen LogP) is 6.69. The molecule has 2 aromatic carbocycles. The highest BCUT2D eigenvalue weighted by Crippen LogP contribution is 2.36. The Morgan fingerprint density at radius 2 is 1.83 bits per heavy atom. The van der Waals surface area contributed by atoms with Gasteiger partial charge in [0.2, 0.25) is 0 Å². The van der Waals surface area contributed by atoms with E-state index in [4.69, 9.17) is 4.74 Å². The van der Waals surface area contributed by atoms with E-state index in [0.29, 0.717) is 0 Å². The SMILES string of the molecule is CCCCOc1ccc(SCCCCC2CC2)c2ccccc12. The van der Waals surface area contributed by atoms with Gasteiger partial charge in [0.1, 0.15) is 5.75 Å². The van der Waals surface area contributed by atoms with Crippen molar-refractivity contribution in [2.75, 3.05) is 12.4 Å². The van der Waals surface area contributed by atoms with E-state index in [1.54, 1.807) is 0 Å². The van der Waals surface area contributed by atoms with E-state index < -0.39 is 0 Å². The largest absolute Gasteiger partial charge is 0.493 e. The number of rotatable bonds is 10. The topological polar surface area (TPSA) is 9.23 Å². The Morgan fingerprint density at radius 1 is 1.00 bits per heavy atom. The van der Waals surface area contributed by atoms with Crippen LogP contribution in [-0.4, -0.2) is 12.4 Å². The van der Waals surface area contributed by atoms with Crippen molar-refractivity contribution >= 4 is 22.5 Å². The molecule has 1 nitrogen and oxygen atoms in total. The van der Waals surface area contributed by atoms with Crippen molar-refractivity contribution in [1.29, 1.82) is 0 Å². The highest BCUT2D eigenvalue weighted by molar-refractivity contribution is 7.99. The number of hydrogen-bond donors (Lipinski definition) is 0. The van der Waals surface area contributed by atoms with Crippen molar-refractivity contribution < 1.29 is 4.74 Å². The van der Waals surface area contributed by atoms with E-state index in [1.807, 2.05) is 11.8 Å². The van der Waals surface area contributed by atoms with Crippen molar-refractivity contribution in [2.45, 2.75) is 56.8 Å². The normalized spacial score (nSPS) is 14.3. The van der Waals surface area contributed by atoms with Crippen molar-refractivity contribution in [3.8, 4) is 5.75 Å². The molecule has 1 fully saturated rings. The van der Waals surface area contributed by atoms with Crippen LogP contribution >= 0.6 is 11.8 Å². The Kier molecular flexibility index (Phi) is 6.27. The van der Waals surface area contributed by atoms with Gasteiger partial charge >= 0.3 is 0 Å². The van der Waals surface area contributed by atoms with E-state index in [9.17, 15) is 0 Å². The zero-order valence-electron chi connectivity index (χ0n) is 14.2. The van der Waals surface area contributed by atoms with Crippen LogP contribution in [0.15, 0.2) is 41.3 Å². The second kappa shape index (κ2) is 8.63. The molecule has 3 rings (SSSR count). The molecule has 0 bridgehead atoms. The van der Waals surface area contributed by atoms with Gasteiger partial charge in [0.05, 0.1) is 6.61 Å². The van der Waals surface area contributed by atoms with E-state index >= 15 is 0 Å². The van der Waals surface area contributed by atoms with Gasteiger partial charge in [-0.25, -0.2) is 0 Å². The lowest BCUT2D eigenvalue weighted by atomic mass is 10.1. The number of thioether (sulfide) groups is 1. The molecule has 0 heterocycles. The Balaban J connectivity index is 1.61. The van der Waals surface area contributed by atoms with Crippen molar-refractivity contribution in [2.24, 2.45) is 5.92 Å². The average molecular weight is 329 g/mol. The molecule has 0 saturated heterocycles. The van der Waals surface area contributed by atoms with E-state index in [0.717, 1.165) is 24.7 Å². The predicted molar refractivity (Wildman–Crippen MR) is 102 cm³/mol. The van der Waals surface area contributed by atoms with Gasteiger partial charge < -0.3 is 4.74 Å². The van der Waals surface area contributed by atoms with Crippen LogP contribution in [0.3, 0.4) is 0 Å². The molecule has 0 atom stereocenters. The van der Waals surface area contributed by atoms with Crippen molar-refractivity contribution in [3.63, 3.8) is 0 Å². The molecule has 0 spiro atoms. The third-order valence-corrected chi connectivity index (χ3v) is 5.72. The van der Waals surface area contributed by atoms with Gasteiger partial charge in [0, 0.05) is 10.3 Å². The molecular weight excluding hydrogens is 300 g/mol. The van der Waals surface area contributed by atoms with Crippen LogP contribution in [0.5, 0.6) is 5.75 Å². The molecule has 0 amide bonds. The van der Waals surface area contributed by atoms with Crippen LogP contribution in [0.4, 0.5) is 0 Å².